The number of ether oxygens (including phenoxy) is 2. The number of anilines is 1. The summed E-state index contributed by atoms with van der Waals surface area (Å²) in [6, 6.07) is 21.4. The second-order valence-electron chi connectivity index (χ2n) is 7.26. The molecule has 0 aliphatic carbocycles. The number of benzene rings is 3. The Labute approximate surface area is 169 Å². The Morgan fingerprint density at radius 2 is 1.66 bits per heavy atom. The van der Waals surface area contributed by atoms with Crippen molar-refractivity contribution in [2.75, 3.05) is 19.1 Å². The Kier molecular flexibility index (Phi) is 4.45. The zero-order valence-electron chi connectivity index (χ0n) is 16.5. The average Bonchev–Trinajstić information content (AvgIpc) is 3.37. The molecule has 0 saturated heterocycles. The summed E-state index contributed by atoms with van der Waals surface area (Å²) in [6.45, 7) is 2.18. The fraction of sp³-hybridized carbons (Fsp3) is 0.208. The fourth-order valence-electron chi connectivity index (χ4n) is 3.90. The van der Waals surface area contributed by atoms with Crippen LogP contribution < -0.4 is 9.64 Å². The topological polar surface area (TPSA) is 47.7 Å². The second-order valence-corrected chi connectivity index (χ2v) is 7.26. The highest BCUT2D eigenvalue weighted by Gasteiger charge is 2.22. The lowest BCUT2D eigenvalue weighted by molar-refractivity contribution is 0.181. The van der Waals surface area contributed by atoms with E-state index in [0.717, 1.165) is 46.6 Å². The average molecular weight is 386 g/mol. The van der Waals surface area contributed by atoms with Gasteiger partial charge in [0, 0.05) is 25.8 Å². The van der Waals surface area contributed by atoms with Gasteiger partial charge in [0.15, 0.2) is 5.58 Å². The molecular formula is C24H22N2O3. The highest BCUT2D eigenvalue weighted by Crippen LogP contribution is 2.33. The van der Waals surface area contributed by atoms with Crippen molar-refractivity contribution in [2.45, 2.75) is 19.7 Å². The van der Waals surface area contributed by atoms with Crippen molar-refractivity contribution in [2.24, 2.45) is 0 Å². The van der Waals surface area contributed by atoms with Gasteiger partial charge >= 0.3 is 0 Å². The maximum Gasteiger partial charge on any atom is 0.298 e. The van der Waals surface area contributed by atoms with E-state index in [1.54, 1.807) is 14.2 Å². The zero-order chi connectivity index (χ0) is 19.8. The third kappa shape index (κ3) is 3.23. The van der Waals surface area contributed by atoms with Crippen LogP contribution in [0.1, 0.15) is 16.7 Å². The van der Waals surface area contributed by atoms with E-state index in [-0.39, 0.29) is 0 Å². The molecule has 1 aliphatic rings. The van der Waals surface area contributed by atoms with Crippen LogP contribution in [0.4, 0.5) is 6.01 Å². The van der Waals surface area contributed by atoms with Crippen LogP contribution in [0.3, 0.4) is 0 Å². The van der Waals surface area contributed by atoms with E-state index >= 15 is 0 Å². The molecule has 146 valence electrons. The smallest absolute Gasteiger partial charge is 0.298 e. The van der Waals surface area contributed by atoms with Crippen molar-refractivity contribution in [1.29, 1.82) is 0 Å². The van der Waals surface area contributed by atoms with Crippen molar-refractivity contribution < 1.29 is 13.9 Å². The fourth-order valence-corrected chi connectivity index (χ4v) is 3.90. The minimum atomic E-state index is 0.521. The molecule has 0 fully saturated rings. The molecule has 0 spiro atoms. The summed E-state index contributed by atoms with van der Waals surface area (Å²) in [5.41, 5.74) is 7.48. The standard InChI is InChI=1S/C24H22N2O3/c1-27-15-20-8-7-17(12-23(20)28-2)16-9-10-22-21(11-16)25-24(29-22)26-13-18-5-3-4-6-19(18)14-26/h3-12H,13-15H2,1-2H3. The Morgan fingerprint density at radius 3 is 2.38 bits per heavy atom. The van der Waals surface area contributed by atoms with Gasteiger partial charge in [-0.15, -0.1) is 0 Å². The van der Waals surface area contributed by atoms with Crippen LogP contribution in [0, 0.1) is 0 Å². The first kappa shape index (κ1) is 17.8. The first-order valence-electron chi connectivity index (χ1n) is 9.63. The predicted octanol–water partition coefficient (Wildman–Crippen LogP) is 5.17. The lowest BCUT2D eigenvalue weighted by atomic mass is 10.0. The molecule has 1 aromatic heterocycles. The van der Waals surface area contributed by atoms with Gasteiger partial charge in [0.05, 0.1) is 13.7 Å². The van der Waals surface area contributed by atoms with Crippen LogP contribution in [0.15, 0.2) is 65.1 Å². The number of nitrogens with zero attached hydrogens (tertiary/aromatic N) is 2. The lowest BCUT2D eigenvalue weighted by Gasteiger charge is -2.10. The number of methoxy groups -OCH3 is 2. The van der Waals surface area contributed by atoms with Crippen LogP contribution in [0.25, 0.3) is 22.2 Å². The summed E-state index contributed by atoms with van der Waals surface area (Å²) in [5, 5.41) is 0. The van der Waals surface area contributed by atoms with Crippen LogP contribution in [-0.2, 0) is 24.4 Å². The van der Waals surface area contributed by atoms with Gasteiger partial charge in [-0.05, 0) is 40.5 Å². The molecule has 3 aromatic carbocycles. The van der Waals surface area contributed by atoms with E-state index < -0.39 is 0 Å². The molecule has 0 saturated carbocycles. The van der Waals surface area contributed by atoms with Crippen LogP contribution in [-0.4, -0.2) is 19.2 Å². The minimum absolute atomic E-state index is 0.521. The molecule has 2 heterocycles. The third-order valence-electron chi connectivity index (χ3n) is 5.41. The van der Waals surface area contributed by atoms with Crippen molar-refractivity contribution in [1.82, 2.24) is 4.98 Å². The molecule has 5 rings (SSSR count). The molecule has 29 heavy (non-hydrogen) atoms. The van der Waals surface area contributed by atoms with Gasteiger partial charge in [-0.25, -0.2) is 0 Å². The van der Waals surface area contributed by atoms with Crippen LogP contribution in [0.2, 0.25) is 0 Å². The number of hydrogen-bond acceptors (Lipinski definition) is 5. The predicted molar refractivity (Wildman–Crippen MR) is 113 cm³/mol. The maximum atomic E-state index is 6.04. The monoisotopic (exact) mass is 386 g/mol. The van der Waals surface area contributed by atoms with Gasteiger partial charge in [0.2, 0.25) is 0 Å². The van der Waals surface area contributed by atoms with Crippen LogP contribution in [0.5, 0.6) is 5.75 Å². The van der Waals surface area contributed by atoms with Gasteiger partial charge in [-0.3, -0.25) is 0 Å². The Morgan fingerprint density at radius 1 is 0.931 bits per heavy atom. The number of fused-ring (bicyclic) bond motifs is 2. The zero-order valence-corrected chi connectivity index (χ0v) is 16.5. The Hall–Kier alpha value is -3.31. The molecule has 0 amide bonds. The Bertz CT molecular complexity index is 1160. The van der Waals surface area contributed by atoms with E-state index in [1.807, 2.05) is 18.2 Å². The normalized spacial score (nSPS) is 13.1. The molecule has 0 atom stereocenters. The minimum Gasteiger partial charge on any atom is -0.496 e. The van der Waals surface area contributed by atoms with E-state index in [0.29, 0.717) is 12.6 Å². The van der Waals surface area contributed by atoms with Crippen LogP contribution >= 0.6 is 0 Å². The summed E-state index contributed by atoms with van der Waals surface area (Å²) < 4.78 is 16.8. The highest BCUT2D eigenvalue weighted by atomic mass is 16.5. The molecule has 4 aromatic rings. The second kappa shape index (κ2) is 7.26. The van der Waals surface area contributed by atoms with Crippen molar-refractivity contribution in [3.8, 4) is 16.9 Å². The molecule has 0 N–H and O–H groups in total. The number of hydrogen-bond donors (Lipinski definition) is 0. The summed E-state index contributed by atoms with van der Waals surface area (Å²) in [5.74, 6) is 0.820. The van der Waals surface area contributed by atoms with E-state index in [4.69, 9.17) is 18.9 Å². The van der Waals surface area contributed by atoms with E-state index in [9.17, 15) is 0 Å². The highest BCUT2D eigenvalue weighted by molar-refractivity contribution is 5.82. The molecule has 5 nitrogen and oxygen atoms in total. The number of rotatable bonds is 5. The first-order valence-corrected chi connectivity index (χ1v) is 9.63. The summed E-state index contributed by atoms with van der Waals surface area (Å²) in [6.07, 6.45) is 0. The first-order chi connectivity index (χ1) is 14.2. The molecule has 0 radical (unpaired) electrons. The summed E-state index contributed by atoms with van der Waals surface area (Å²) in [4.78, 5) is 6.94. The lowest BCUT2D eigenvalue weighted by Crippen LogP contribution is -2.14. The van der Waals surface area contributed by atoms with E-state index in [1.165, 1.54) is 11.1 Å². The Balaban J connectivity index is 1.46. The van der Waals surface area contributed by atoms with Gasteiger partial charge in [0.25, 0.3) is 6.01 Å². The van der Waals surface area contributed by atoms with Crippen molar-refractivity contribution in [3.63, 3.8) is 0 Å². The van der Waals surface area contributed by atoms with Gasteiger partial charge in [-0.1, -0.05) is 42.5 Å². The van der Waals surface area contributed by atoms with Gasteiger partial charge < -0.3 is 18.8 Å². The number of oxazole rings is 1. The van der Waals surface area contributed by atoms with Crippen molar-refractivity contribution >= 4 is 17.1 Å². The molecule has 0 bridgehead atoms. The van der Waals surface area contributed by atoms with Gasteiger partial charge in [-0.2, -0.15) is 4.98 Å². The number of aromatic nitrogens is 1. The summed E-state index contributed by atoms with van der Waals surface area (Å²) in [7, 11) is 3.36. The van der Waals surface area contributed by atoms with Crippen molar-refractivity contribution in [3.05, 3.63) is 77.4 Å². The SMILES string of the molecule is COCc1ccc(-c2ccc3oc(N4Cc5ccccc5C4)nc3c2)cc1OC. The van der Waals surface area contributed by atoms with Gasteiger partial charge in [0.1, 0.15) is 11.3 Å². The third-order valence-corrected chi connectivity index (χ3v) is 5.41. The molecular weight excluding hydrogens is 364 g/mol. The maximum absolute atomic E-state index is 6.04. The van der Waals surface area contributed by atoms with E-state index in [2.05, 4.69) is 47.4 Å². The molecule has 1 aliphatic heterocycles. The molecule has 0 unspecified atom stereocenters. The summed E-state index contributed by atoms with van der Waals surface area (Å²) >= 11 is 0. The quantitative estimate of drug-likeness (QED) is 0.474. The molecule has 5 heteroatoms. The largest absolute Gasteiger partial charge is 0.496 e.